The molecule has 0 bridgehead atoms. The van der Waals surface area contributed by atoms with E-state index >= 15 is 0 Å². The Balaban J connectivity index is 1.43. The van der Waals surface area contributed by atoms with Gasteiger partial charge >= 0.3 is 0 Å². The lowest BCUT2D eigenvalue weighted by molar-refractivity contribution is -0.133. The van der Waals surface area contributed by atoms with E-state index in [4.69, 9.17) is 11.5 Å². The highest BCUT2D eigenvalue weighted by atomic mass is 16.2. The summed E-state index contributed by atoms with van der Waals surface area (Å²) in [5, 5.41) is 11.6. The van der Waals surface area contributed by atoms with Crippen molar-refractivity contribution < 1.29 is 19.2 Å². The summed E-state index contributed by atoms with van der Waals surface area (Å²) < 4.78 is 0. The fourth-order valence-corrected chi connectivity index (χ4v) is 5.91. The minimum absolute atomic E-state index is 0.0782. The predicted molar refractivity (Wildman–Crippen MR) is 209 cm³/mol. The van der Waals surface area contributed by atoms with Crippen LogP contribution in [0.15, 0.2) is 120 Å². The molecule has 8 N–H and O–H groups in total. The maximum atomic E-state index is 13.9. The smallest absolute Gasteiger partial charge is 0.243 e. The molecule has 0 fully saturated rings. The van der Waals surface area contributed by atoms with Gasteiger partial charge in [-0.25, -0.2) is 0 Å². The van der Waals surface area contributed by atoms with Crippen molar-refractivity contribution in [2.75, 3.05) is 13.1 Å². The van der Waals surface area contributed by atoms with Gasteiger partial charge in [0.15, 0.2) is 5.96 Å². The number of aliphatic imine (C=N–C) groups is 1. The van der Waals surface area contributed by atoms with E-state index in [2.05, 4.69) is 26.3 Å². The monoisotopic (exact) mass is 717 g/mol. The van der Waals surface area contributed by atoms with Gasteiger partial charge in [-0.15, -0.1) is 0 Å². The van der Waals surface area contributed by atoms with Gasteiger partial charge in [0.1, 0.15) is 18.1 Å². The second kappa shape index (κ2) is 21.4. The number of carbonyl (C=O) groups is 4. The summed E-state index contributed by atoms with van der Waals surface area (Å²) in [6, 6.07) is 34.1. The van der Waals surface area contributed by atoms with Crippen molar-refractivity contribution in [3.63, 3.8) is 0 Å². The van der Waals surface area contributed by atoms with Crippen LogP contribution >= 0.6 is 0 Å². The summed E-state index contributed by atoms with van der Waals surface area (Å²) in [6.45, 7) is 2.55. The van der Waals surface area contributed by atoms with Crippen LogP contribution in [0.2, 0.25) is 0 Å². The van der Waals surface area contributed by atoms with Crippen molar-refractivity contribution >= 4 is 29.6 Å². The number of carbonyl (C=O) groups excluding carboxylic acids is 4. The number of nitrogens with zero attached hydrogens (tertiary/aromatic N) is 1. The molecule has 0 spiro atoms. The summed E-state index contributed by atoms with van der Waals surface area (Å²) in [4.78, 5) is 58.3. The molecule has 11 nitrogen and oxygen atoms in total. The Labute approximate surface area is 312 Å². The average Bonchev–Trinajstić information content (AvgIpc) is 3.16. The molecule has 0 saturated heterocycles. The van der Waals surface area contributed by atoms with E-state index in [0.717, 1.165) is 27.8 Å². The van der Waals surface area contributed by atoms with Crippen LogP contribution < -0.4 is 32.7 Å². The van der Waals surface area contributed by atoms with E-state index in [0.29, 0.717) is 32.2 Å². The van der Waals surface area contributed by atoms with Gasteiger partial charge in [-0.2, -0.15) is 0 Å². The molecular formula is C42H51N7O4. The highest BCUT2D eigenvalue weighted by Crippen LogP contribution is 2.19. The molecule has 53 heavy (non-hydrogen) atoms. The lowest BCUT2D eigenvalue weighted by atomic mass is 10.0. The van der Waals surface area contributed by atoms with Crippen molar-refractivity contribution in [3.05, 3.63) is 132 Å². The van der Waals surface area contributed by atoms with Crippen LogP contribution in [-0.2, 0) is 38.4 Å². The Kier molecular flexibility index (Phi) is 16.1. The molecule has 0 aliphatic heterocycles. The normalized spacial score (nSPS) is 12.4. The zero-order valence-electron chi connectivity index (χ0n) is 30.3. The van der Waals surface area contributed by atoms with Gasteiger partial charge in [0, 0.05) is 19.5 Å². The van der Waals surface area contributed by atoms with Gasteiger partial charge in [-0.05, 0) is 53.5 Å². The van der Waals surface area contributed by atoms with Crippen LogP contribution in [0.4, 0.5) is 0 Å². The van der Waals surface area contributed by atoms with Crippen LogP contribution in [0.3, 0.4) is 0 Å². The average molecular weight is 718 g/mol. The summed E-state index contributed by atoms with van der Waals surface area (Å²) in [6.07, 6.45) is 2.53. The minimum Gasteiger partial charge on any atom is -0.370 e. The number of rotatable bonds is 20. The van der Waals surface area contributed by atoms with Gasteiger partial charge in [0.25, 0.3) is 0 Å². The molecule has 0 aliphatic rings. The number of hydrogen-bond donors (Lipinski definition) is 6. The number of nitrogens with two attached hydrogens (primary N) is 2. The Bertz CT molecular complexity index is 1760. The van der Waals surface area contributed by atoms with Crippen molar-refractivity contribution in [1.82, 2.24) is 21.3 Å². The van der Waals surface area contributed by atoms with Crippen molar-refractivity contribution in [2.24, 2.45) is 16.5 Å². The molecule has 11 heteroatoms. The zero-order valence-corrected chi connectivity index (χ0v) is 30.3. The Morgan fingerprint density at radius 1 is 0.604 bits per heavy atom. The topological polar surface area (TPSA) is 181 Å². The van der Waals surface area contributed by atoms with E-state index in [9.17, 15) is 19.2 Å². The first-order chi connectivity index (χ1) is 25.7. The molecule has 4 rings (SSSR count). The lowest BCUT2D eigenvalue weighted by Gasteiger charge is -2.25. The van der Waals surface area contributed by atoms with Crippen molar-refractivity contribution in [3.8, 4) is 11.1 Å². The number of guanidine groups is 1. The zero-order chi connectivity index (χ0) is 37.8. The van der Waals surface area contributed by atoms with E-state index in [1.165, 1.54) is 0 Å². The Morgan fingerprint density at radius 3 is 1.75 bits per heavy atom. The number of hydrogen-bond acceptors (Lipinski definition) is 5. The molecule has 0 saturated carbocycles. The SMILES string of the molecule is CCC[C@H](NC(=O)Cc1ccc(-c2ccccc2)cc1)C(=O)N[C@H](CCCN=C(N)N)C(=O)N[C@@H](Cc1ccccc1)C(=O)NCCc1ccccc1. The van der Waals surface area contributed by atoms with Crippen LogP contribution in [-0.4, -0.2) is 60.8 Å². The van der Waals surface area contributed by atoms with E-state index < -0.39 is 29.9 Å². The van der Waals surface area contributed by atoms with Gasteiger partial charge in [0.05, 0.1) is 6.42 Å². The largest absolute Gasteiger partial charge is 0.370 e. The Morgan fingerprint density at radius 2 is 1.15 bits per heavy atom. The summed E-state index contributed by atoms with van der Waals surface area (Å²) in [5.41, 5.74) is 15.9. The summed E-state index contributed by atoms with van der Waals surface area (Å²) >= 11 is 0. The van der Waals surface area contributed by atoms with Gasteiger partial charge in [-0.1, -0.05) is 129 Å². The maximum absolute atomic E-state index is 13.9. The van der Waals surface area contributed by atoms with Crippen LogP contribution in [0, 0.1) is 0 Å². The highest BCUT2D eigenvalue weighted by Gasteiger charge is 2.29. The first-order valence-corrected chi connectivity index (χ1v) is 18.2. The van der Waals surface area contributed by atoms with Gasteiger partial charge in [0.2, 0.25) is 23.6 Å². The molecule has 0 aliphatic carbocycles. The molecule has 4 amide bonds. The molecule has 4 aromatic carbocycles. The summed E-state index contributed by atoms with van der Waals surface area (Å²) in [5.74, 6) is -1.74. The third-order valence-corrected chi connectivity index (χ3v) is 8.70. The Hall–Kier alpha value is -5.97. The van der Waals surface area contributed by atoms with Crippen LogP contribution in [0.1, 0.15) is 49.3 Å². The minimum atomic E-state index is -1.02. The van der Waals surface area contributed by atoms with Crippen molar-refractivity contribution in [1.29, 1.82) is 0 Å². The third-order valence-electron chi connectivity index (χ3n) is 8.70. The number of benzene rings is 4. The molecule has 3 atom stereocenters. The number of amides is 4. The maximum Gasteiger partial charge on any atom is 0.243 e. The molecular weight excluding hydrogens is 667 g/mol. The standard InChI is InChI=1S/C42H51N7O4/c1-2-13-35(47-38(50)29-32-21-23-34(24-22-32)33-18-10-5-11-19-33)40(52)48-36(20-12-26-46-42(43)44)41(53)49-37(28-31-16-8-4-9-17-31)39(51)45-27-25-30-14-6-3-7-15-30/h3-11,14-19,21-24,35-37H,2,12-13,20,25-29H2,1H3,(H,45,51)(H,47,50)(H,48,52)(H,49,53)(H4,43,44,46)/t35-,36+,37-/m0/s1. The molecule has 4 aromatic rings. The van der Waals surface area contributed by atoms with E-state index in [1.807, 2.05) is 122 Å². The quantitative estimate of drug-likeness (QED) is 0.0460. The predicted octanol–water partition coefficient (Wildman–Crippen LogP) is 3.81. The lowest BCUT2D eigenvalue weighted by Crippen LogP contribution is -2.57. The van der Waals surface area contributed by atoms with Gasteiger partial charge in [-0.3, -0.25) is 24.2 Å². The molecule has 0 heterocycles. The van der Waals surface area contributed by atoms with E-state index in [-0.39, 0.29) is 43.6 Å². The molecule has 278 valence electrons. The van der Waals surface area contributed by atoms with Crippen LogP contribution in [0.25, 0.3) is 11.1 Å². The van der Waals surface area contributed by atoms with E-state index in [1.54, 1.807) is 0 Å². The fraction of sp³-hybridized carbons (Fsp3) is 0.310. The fourth-order valence-electron chi connectivity index (χ4n) is 5.91. The molecule has 0 unspecified atom stereocenters. The van der Waals surface area contributed by atoms with Crippen molar-refractivity contribution in [2.45, 2.75) is 70.0 Å². The van der Waals surface area contributed by atoms with Crippen LogP contribution in [0.5, 0.6) is 0 Å². The molecule has 0 radical (unpaired) electrons. The third kappa shape index (κ3) is 13.9. The highest BCUT2D eigenvalue weighted by molar-refractivity contribution is 5.94. The summed E-state index contributed by atoms with van der Waals surface area (Å²) in [7, 11) is 0. The second-order valence-corrected chi connectivity index (χ2v) is 12.9. The second-order valence-electron chi connectivity index (χ2n) is 12.9. The first kappa shape index (κ1) is 39.8. The molecule has 0 aromatic heterocycles. The van der Waals surface area contributed by atoms with Gasteiger partial charge < -0.3 is 32.7 Å². The first-order valence-electron chi connectivity index (χ1n) is 18.2. The number of nitrogens with one attached hydrogen (secondary N) is 4.